The number of aryl methyl sites for hydroxylation is 1. The zero-order valence-electron chi connectivity index (χ0n) is 19.8. The molecule has 0 spiro atoms. The standard InChI is InChI=1S/C31H26N2O3/c34-28(33-27(31(35)36)17-23-18-32-26-9-2-1-8-24(23)26)10-4-5-19-11-12-22-14-13-20-6-3-7-21-15-16-25(19)30(22)29(20)21/h1-3,6-9,11-16,18,27,32H,4-5,10,17H2,(H,33,34)(H,35,36)/t27-/m1/s1. The van der Waals surface area contributed by atoms with Crippen LogP contribution in [0.4, 0.5) is 0 Å². The van der Waals surface area contributed by atoms with Crippen molar-refractivity contribution in [1.29, 1.82) is 0 Å². The molecule has 36 heavy (non-hydrogen) atoms. The van der Waals surface area contributed by atoms with Crippen molar-refractivity contribution in [2.24, 2.45) is 0 Å². The summed E-state index contributed by atoms with van der Waals surface area (Å²) in [7, 11) is 0. The molecule has 6 aromatic rings. The highest BCUT2D eigenvalue weighted by Gasteiger charge is 2.22. The van der Waals surface area contributed by atoms with Crippen LogP contribution in [0.2, 0.25) is 0 Å². The Labute approximate surface area is 208 Å². The van der Waals surface area contributed by atoms with E-state index in [2.05, 4.69) is 64.9 Å². The van der Waals surface area contributed by atoms with Crippen molar-refractivity contribution >= 4 is 55.1 Å². The average molecular weight is 475 g/mol. The number of nitrogens with one attached hydrogen (secondary N) is 2. The molecular formula is C31H26N2O3. The van der Waals surface area contributed by atoms with Crippen LogP contribution in [-0.4, -0.2) is 28.0 Å². The third-order valence-electron chi connectivity index (χ3n) is 7.20. The summed E-state index contributed by atoms with van der Waals surface area (Å²) in [4.78, 5) is 27.7. The van der Waals surface area contributed by atoms with Gasteiger partial charge in [0, 0.05) is 29.9 Å². The van der Waals surface area contributed by atoms with Crippen LogP contribution in [0.1, 0.15) is 24.0 Å². The molecule has 5 heteroatoms. The maximum absolute atomic E-state index is 12.7. The van der Waals surface area contributed by atoms with E-state index in [0.717, 1.165) is 22.9 Å². The summed E-state index contributed by atoms with van der Waals surface area (Å²) in [6.45, 7) is 0. The molecule has 0 aliphatic rings. The number of carbonyl (C=O) groups is 2. The Morgan fingerprint density at radius 2 is 1.50 bits per heavy atom. The number of aliphatic carboxylic acids is 1. The third-order valence-corrected chi connectivity index (χ3v) is 7.20. The Bertz CT molecular complexity index is 1720. The number of hydrogen-bond donors (Lipinski definition) is 3. The first kappa shape index (κ1) is 22.1. The van der Waals surface area contributed by atoms with Crippen LogP contribution < -0.4 is 5.32 Å². The molecule has 0 radical (unpaired) electrons. The molecule has 3 N–H and O–H groups in total. The first-order chi connectivity index (χ1) is 17.6. The van der Waals surface area contributed by atoms with E-state index in [1.54, 1.807) is 0 Å². The molecule has 0 saturated heterocycles. The smallest absolute Gasteiger partial charge is 0.326 e. The summed E-state index contributed by atoms with van der Waals surface area (Å²) in [5, 5.41) is 20.9. The number of carboxylic acid groups (broad SMARTS) is 1. The lowest BCUT2D eigenvalue weighted by molar-refractivity contribution is -0.141. The minimum atomic E-state index is -1.03. The first-order valence-electron chi connectivity index (χ1n) is 12.3. The van der Waals surface area contributed by atoms with Gasteiger partial charge in [0.25, 0.3) is 0 Å². The second-order valence-corrected chi connectivity index (χ2v) is 9.46. The summed E-state index contributed by atoms with van der Waals surface area (Å²) in [6.07, 6.45) is 3.73. The second kappa shape index (κ2) is 9.00. The van der Waals surface area contributed by atoms with Crippen LogP contribution in [0.5, 0.6) is 0 Å². The van der Waals surface area contributed by atoms with Crippen LogP contribution >= 0.6 is 0 Å². The third kappa shape index (κ3) is 3.93. The Morgan fingerprint density at radius 3 is 2.31 bits per heavy atom. The van der Waals surface area contributed by atoms with E-state index >= 15 is 0 Å². The van der Waals surface area contributed by atoms with Crippen LogP contribution in [-0.2, 0) is 22.4 Å². The summed E-state index contributed by atoms with van der Waals surface area (Å²) in [6, 6.07) is 26.2. The largest absolute Gasteiger partial charge is 0.480 e. The van der Waals surface area contributed by atoms with Crippen molar-refractivity contribution in [3.05, 3.63) is 96.2 Å². The zero-order valence-corrected chi connectivity index (χ0v) is 19.8. The lowest BCUT2D eigenvalue weighted by atomic mass is 9.90. The number of fused-ring (bicyclic) bond motifs is 1. The molecule has 0 aliphatic heterocycles. The van der Waals surface area contributed by atoms with Crippen molar-refractivity contribution in [2.45, 2.75) is 31.7 Å². The highest BCUT2D eigenvalue weighted by Crippen LogP contribution is 2.36. The number of carboxylic acids is 1. The lowest BCUT2D eigenvalue weighted by Crippen LogP contribution is -2.42. The van der Waals surface area contributed by atoms with E-state index in [1.807, 2.05) is 30.5 Å². The number of H-pyrrole nitrogens is 1. The van der Waals surface area contributed by atoms with E-state index in [1.165, 1.54) is 37.9 Å². The van der Waals surface area contributed by atoms with Gasteiger partial charge >= 0.3 is 5.97 Å². The molecule has 0 aliphatic carbocycles. The molecular weight excluding hydrogens is 448 g/mol. The van der Waals surface area contributed by atoms with Crippen LogP contribution in [0.15, 0.2) is 85.1 Å². The fourth-order valence-electron chi connectivity index (χ4n) is 5.44. The summed E-state index contributed by atoms with van der Waals surface area (Å²) < 4.78 is 0. The van der Waals surface area contributed by atoms with Crippen LogP contribution in [0.3, 0.4) is 0 Å². The van der Waals surface area contributed by atoms with Crippen molar-refractivity contribution in [1.82, 2.24) is 10.3 Å². The van der Waals surface area contributed by atoms with Crippen LogP contribution in [0, 0.1) is 0 Å². The van der Waals surface area contributed by atoms with E-state index < -0.39 is 12.0 Å². The highest BCUT2D eigenvalue weighted by molar-refractivity contribution is 6.23. The Kier molecular flexibility index (Phi) is 5.53. The number of para-hydroxylation sites is 1. The molecule has 0 bridgehead atoms. The van der Waals surface area contributed by atoms with Crippen LogP contribution in [0.25, 0.3) is 43.2 Å². The topological polar surface area (TPSA) is 82.2 Å². The number of carbonyl (C=O) groups excluding carboxylic acids is 1. The Morgan fingerprint density at radius 1 is 0.778 bits per heavy atom. The minimum absolute atomic E-state index is 0.236. The van der Waals surface area contributed by atoms with Gasteiger partial charge in [-0.3, -0.25) is 4.79 Å². The molecule has 1 amide bonds. The number of aromatic amines is 1. The van der Waals surface area contributed by atoms with E-state index in [9.17, 15) is 14.7 Å². The van der Waals surface area contributed by atoms with Gasteiger partial charge in [0.2, 0.25) is 5.91 Å². The normalized spacial score (nSPS) is 12.6. The highest BCUT2D eigenvalue weighted by atomic mass is 16.4. The average Bonchev–Trinajstić information content (AvgIpc) is 3.30. The maximum Gasteiger partial charge on any atom is 0.326 e. The van der Waals surface area contributed by atoms with Gasteiger partial charge in [0.05, 0.1) is 0 Å². The van der Waals surface area contributed by atoms with Crippen molar-refractivity contribution in [3.8, 4) is 0 Å². The fraction of sp³-hybridized carbons (Fsp3) is 0.161. The van der Waals surface area contributed by atoms with E-state index in [-0.39, 0.29) is 18.7 Å². The quantitative estimate of drug-likeness (QED) is 0.230. The van der Waals surface area contributed by atoms with E-state index in [0.29, 0.717) is 6.42 Å². The van der Waals surface area contributed by atoms with Crippen molar-refractivity contribution in [3.63, 3.8) is 0 Å². The molecule has 1 heterocycles. The molecule has 6 rings (SSSR count). The lowest BCUT2D eigenvalue weighted by Gasteiger charge is -2.15. The molecule has 1 aromatic heterocycles. The van der Waals surface area contributed by atoms with Gasteiger partial charge in [0.15, 0.2) is 0 Å². The number of benzene rings is 5. The number of amides is 1. The maximum atomic E-state index is 12.7. The molecule has 178 valence electrons. The molecule has 0 saturated carbocycles. The number of rotatable bonds is 8. The SMILES string of the molecule is O=C(CCCc1ccc2ccc3cccc4ccc1c2c34)N[C@H](Cc1c[nH]c2ccccc12)C(=O)O. The zero-order chi connectivity index (χ0) is 24.6. The van der Waals surface area contributed by atoms with Gasteiger partial charge in [-0.2, -0.15) is 0 Å². The monoisotopic (exact) mass is 474 g/mol. The van der Waals surface area contributed by atoms with Gasteiger partial charge < -0.3 is 15.4 Å². The molecule has 1 atom stereocenters. The Hall–Kier alpha value is -4.38. The predicted molar refractivity (Wildman–Crippen MR) is 145 cm³/mol. The first-order valence-corrected chi connectivity index (χ1v) is 12.3. The Balaban J connectivity index is 1.15. The predicted octanol–water partition coefficient (Wildman–Crippen LogP) is 6.20. The van der Waals surface area contributed by atoms with Gasteiger partial charge in [-0.25, -0.2) is 4.79 Å². The van der Waals surface area contributed by atoms with Crippen molar-refractivity contribution in [2.75, 3.05) is 0 Å². The molecule has 5 nitrogen and oxygen atoms in total. The summed E-state index contributed by atoms with van der Waals surface area (Å²) in [5.41, 5.74) is 3.05. The second-order valence-electron chi connectivity index (χ2n) is 9.46. The fourth-order valence-corrected chi connectivity index (χ4v) is 5.44. The van der Waals surface area contributed by atoms with Gasteiger partial charge in [-0.15, -0.1) is 0 Å². The summed E-state index contributed by atoms with van der Waals surface area (Å²) in [5.74, 6) is -1.26. The molecule has 0 fully saturated rings. The molecule has 0 unspecified atom stereocenters. The molecule has 5 aromatic carbocycles. The minimum Gasteiger partial charge on any atom is -0.480 e. The van der Waals surface area contributed by atoms with Crippen molar-refractivity contribution < 1.29 is 14.7 Å². The number of hydrogen-bond acceptors (Lipinski definition) is 2. The van der Waals surface area contributed by atoms with E-state index in [4.69, 9.17) is 0 Å². The number of aromatic nitrogens is 1. The summed E-state index contributed by atoms with van der Waals surface area (Å²) >= 11 is 0. The van der Waals surface area contributed by atoms with Gasteiger partial charge in [-0.05, 0) is 62.4 Å². The van der Waals surface area contributed by atoms with Gasteiger partial charge in [0.1, 0.15) is 6.04 Å². The van der Waals surface area contributed by atoms with Gasteiger partial charge in [-0.1, -0.05) is 72.8 Å².